The highest BCUT2D eigenvalue weighted by molar-refractivity contribution is 5.77. The van der Waals surface area contributed by atoms with Gasteiger partial charge in [-0.2, -0.15) is 5.10 Å². The zero-order valence-electron chi connectivity index (χ0n) is 18.1. The van der Waals surface area contributed by atoms with Crippen LogP contribution in [0.3, 0.4) is 0 Å². The molecule has 0 atom stereocenters. The van der Waals surface area contributed by atoms with Gasteiger partial charge in [-0.25, -0.2) is 5.48 Å². The van der Waals surface area contributed by atoms with Crippen molar-refractivity contribution < 1.29 is 10.0 Å². The van der Waals surface area contributed by atoms with E-state index in [0.29, 0.717) is 11.7 Å². The molecule has 0 unspecified atom stereocenters. The average Bonchev–Trinajstić information content (AvgIpc) is 3.05. The molecular formula is C21H38N4O2. The van der Waals surface area contributed by atoms with Crippen LogP contribution in [0.5, 0.6) is 0 Å². The Morgan fingerprint density at radius 2 is 1.81 bits per heavy atom. The van der Waals surface area contributed by atoms with Gasteiger partial charge in [0.1, 0.15) is 0 Å². The molecule has 154 valence electrons. The Morgan fingerprint density at radius 3 is 2.26 bits per heavy atom. The van der Waals surface area contributed by atoms with Crippen LogP contribution in [0.15, 0.2) is 17.8 Å². The predicted molar refractivity (Wildman–Crippen MR) is 113 cm³/mol. The van der Waals surface area contributed by atoms with Crippen molar-refractivity contribution in [3.05, 3.63) is 34.8 Å². The molecule has 0 saturated heterocycles. The molecule has 1 rings (SSSR count). The summed E-state index contributed by atoms with van der Waals surface area (Å²) in [6.07, 6.45) is 5.98. The van der Waals surface area contributed by atoms with Crippen LogP contribution in [-0.2, 0) is 17.6 Å². The van der Waals surface area contributed by atoms with Crippen molar-refractivity contribution in [2.45, 2.75) is 80.2 Å². The van der Waals surface area contributed by atoms with Gasteiger partial charge in [-0.15, -0.1) is 0 Å². The molecule has 0 saturated carbocycles. The number of aromatic nitrogens is 2. The zero-order chi connectivity index (χ0) is 21.0. The summed E-state index contributed by atoms with van der Waals surface area (Å²) < 4.78 is 2.15. The minimum atomic E-state index is -0.501. The fraction of sp³-hybridized carbons (Fsp3) is 0.619. The number of nitrogens with zero attached hydrogens (tertiary/aromatic N) is 2. The monoisotopic (exact) mass is 378 g/mol. The maximum Gasteiger partial charge on any atom is 0.262 e. The second kappa shape index (κ2) is 13.1. The third-order valence-corrected chi connectivity index (χ3v) is 4.53. The van der Waals surface area contributed by atoms with Crippen LogP contribution >= 0.6 is 0 Å². The van der Waals surface area contributed by atoms with Crippen LogP contribution in [0.4, 0.5) is 0 Å². The topological polar surface area (TPSA) is 79.2 Å². The van der Waals surface area contributed by atoms with E-state index in [9.17, 15) is 4.79 Å². The van der Waals surface area contributed by atoms with E-state index in [1.165, 1.54) is 5.56 Å². The number of hydrogen-bond acceptors (Lipinski definition) is 4. The van der Waals surface area contributed by atoms with Crippen molar-refractivity contribution in [1.82, 2.24) is 20.6 Å². The number of rotatable bonds is 10. The lowest BCUT2D eigenvalue weighted by molar-refractivity contribution is -0.128. The van der Waals surface area contributed by atoms with Gasteiger partial charge in [-0.1, -0.05) is 48.1 Å². The smallest absolute Gasteiger partial charge is 0.262 e. The van der Waals surface area contributed by atoms with Crippen LogP contribution in [0, 0.1) is 0 Å². The number of hydrogen-bond donors (Lipinski definition) is 3. The SMILES string of the molecule is C=C(NCC(=O)NO)/C(C)=C/c1c(CC)c(CC)nn1C(CC)CC.CC. The van der Waals surface area contributed by atoms with E-state index < -0.39 is 5.91 Å². The van der Waals surface area contributed by atoms with Gasteiger partial charge in [-0.05, 0) is 44.3 Å². The molecule has 27 heavy (non-hydrogen) atoms. The van der Waals surface area contributed by atoms with E-state index in [4.69, 9.17) is 10.3 Å². The summed E-state index contributed by atoms with van der Waals surface area (Å²) in [5.41, 5.74) is 6.74. The Labute approximate surface area is 164 Å². The quantitative estimate of drug-likeness (QED) is 0.320. The van der Waals surface area contributed by atoms with Crippen LogP contribution in [0.1, 0.15) is 84.3 Å². The number of allylic oxidation sites excluding steroid dienone is 1. The average molecular weight is 379 g/mol. The predicted octanol–water partition coefficient (Wildman–Crippen LogP) is 4.41. The first kappa shape index (κ1) is 24.9. The fourth-order valence-corrected chi connectivity index (χ4v) is 2.92. The second-order valence-corrected chi connectivity index (χ2v) is 6.13. The van der Waals surface area contributed by atoms with Crippen molar-refractivity contribution in [3.8, 4) is 0 Å². The van der Waals surface area contributed by atoms with Crippen LogP contribution in [-0.4, -0.2) is 27.4 Å². The Kier molecular flexibility index (Phi) is 12.1. The summed E-state index contributed by atoms with van der Waals surface area (Å²) >= 11 is 0. The lowest BCUT2D eigenvalue weighted by Gasteiger charge is -2.17. The van der Waals surface area contributed by atoms with Gasteiger partial charge in [-0.3, -0.25) is 14.7 Å². The van der Waals surface area contributed by atoms with Crippen molar-refractivity contribution in [2.24, 2.45) is 0 Å². The van der Waals surface area contributed by atoms with Crippen molar-refractivity contribution in [3.63, 3.8) is 0 Å². The highest BCUT2D eigenvalue weighted by Crippen LogP contribution is 2.26. The van der Waals surface area contributed by atoms with Gasteiger partial charge < -0.3 is 5.32 Å². The van der Waals surface area contributed by atoms with E-state index in [0.717, 1.165) is 42.6 Å². The van der Waals surface area contributed by atoms with Crippen molar-refractivity contribution in [1.29, 1.82) is 0 Å². The molecule has 3 N–H and O–H groups in total. The normalized spacial score (nSPS) is 11.1. The molecule has 1 heterocycles. The van der Waals surface area contributed by atoms with Crippen LogP contribution < -0.4 is 10.8 Å². The highest BCUT2D eigenvalue weighted by Gasteiger charge is 2.18. The number of hydroxylamine groups is 1. The number of aryl methyl sites for hydroxylation is 1. The standard InChI is InChI=1S/C19H32N4O2.C2H6/c1-7-15(8-2)23-18(16(9-3)17(10-4)21-23)11-13(5)14(6)20-12-19(24)22-25;1-2/h11,15,20,25H,6-10,12H2,1-5H3,(H,22,24);1-2H3/b13-11+;. The van der Waals surface area contributed by atoms with Crippen LogP contribution in [0.2, 0.25) is 0 Å². The Balaban J connectivity index is 0.00000326. The number of amides is 1. The van der Waals surface area contributed by atoms with E-state index >= 15 is 0 Å². The maximum absolute atomic E-state index is 11.2. The van der Waals surface area contributed by atoms with Gasteiger partial charge in [0.2, 0.25) is 0 Å². The molecule has 6 nitrogen and oxygen atoms in total. The van der Waals surface area contributed by atoms with E-state index in [1.807, 2.05) is 20.8 Å². The first-order valence-electron chi connectivity index (χ1n) is 10.1. The molecular weight excluding hydrogens is 340 g/mol. The van der Waals surface area contributed by atoms with E-state index in [-0.39, 0.29) is 6.54 Å². The Bertz CT molecular complexity index is 628. The lowest BCUT2D eigenvalue weighted by Crippen LogP contribution is -2.31. The summed E-state index contributed by atoms with van der Waals surface area (Å²) in [6.45, 7) is 18.6. The van der Waals surface area contributed by atoms with E-state index in [2.05, 4.69) is 50.3 Å². The number of carbonyl (C=O) groups is 1. The van der Waals surface area contributed by atoms with Crippen molar-refractivity contribution >= 4 is 12.0 Å². The molecule has 0 bridgehead atoms. The molecule has 0 radical (unpaired) electrons. The van der Waals surface area contributed by atoms with Gasteiger partial charge in [0.15, 0.2) is 0 Å². The second-order valence-electron chi connectivity index (χ2n) is 6.13. The molecule has 1 aromatic rings. The third-order valence-electron chi connectivity index (χ3n) is 4.53. The first-order chi connectivity index (χ1) is 12.9. The largest absolute Gasteiger partial charge is 0.376 e. The Hall–Kier alpha value is -2.08. The lowest BCUT2D eigenvalue weighted by atomic mass is 10.0. The minimum Gasteiger partial charge on any atom is -0.376 e. The van der Waals surface area contributed by atoms with Gasteiger partial charge in [0.05, 0.1) is 24.0 Å². The highest BCUT2D eigenvalue weighted by atomic mass is 16.5. The fourth-order valence-electron chi connectivity index (χ4n) is 2.92. The molecule has 0 aliphatic rings. The number of nitrogens with one attached hydrogen (secondary N) is 2. The summed E-state index contributed by atoms with van der Waals surface area (Å²) in [7, 11) is 0. The molecule has 0 aromatic carbocycles. The molecule has 1 aromatic heterocycles. The zero-order valence-corrected chi connectivity index (χ0v) is 18.1. The third kappa shape index (κ3) is 6.86. The van der Waals surface area contributed by atoms with E-state index in [1.54, 1.807) is 5.48 Å². The summed E-state index contributed by atoms with van der Waals surface area (Å²) in [5, 5.41) is 16.4. The van der Waals surface area contributed by atoms with Crippen LogP contribution in [0.25, 0.3) is 6.08 Å². The maximum atomic E-state index is 11.2. The summed E-state index contributed by atoms with van der Waals surface area (Å²) in [4.78, 5) is 11.2. The molecule has 0 fully saturated rings. The first-order valence-corrected chi connectivity index (χ1v) is 10.1. The summed E-state index contributed by atoms with van der Waals surface area (Å²) in [5.74, 6) is -0.501. The van der Waals surface area contributed by atoms with Gasteiger partial charge in [0.25, 0.3) is 5.91 Å². The minimum absolute atomic E-state index is 0.0207. The number of carbonyl (C=O) groups excluding carboxylic acids is 1. The molecule has 6 heteroatoms. The molecule has 1 amide bonds. The Morgan fingerprint density at radius 1 is 1.22 bits per heavy atom. The van der Waals surface area contributed by atoms with Crippen molar-refractivity contribution in [2.75, 3.05) is 6.54 Å². The molecule has 0 aliphatic carbocycles. The molecule has 0 aliphatic heterocycles. The summed E-state index contributed by atoms with van der Waals surface area (Å²) in [6, 6.07) is 0.367. The van der Waals surface area contributed by atoms with Gasteiger partial charge in [0, 0.05) is 11.3 Å². The molecule has 0 spiro atoms. The van der Waals surface area contributed by atoms with Gasteiger partial charge >= 0.3 is 0 Å².